The molecule has 1 saturated heterocycles. The number of amides is 1. The topological polar surface area (TPSA) is 55.3 Å². The fourth-order valence-corrected chi connectivity index (χ4v) is 3.29. The Balaban J connectivity index is 1.38. The van der Waals surface area contributed by atoms with Crippen molar-refractivity contribution in [3.05, 3.63) is 65.4 Å². The highest BCUT2D eigenvalue weighted by Gasteiger charge is 2.25. The molecule has 3 aromatic rings. The number of hydrogen-bond donors (Lipinski definition) is 0. The van der Waals surface area contributed by atoms with Crippen molar-refractivity contribution in [3.63, 3.8) is 0 Å². The molecule has 0 aliphatic carbocycles. The minimum absolute atomic E-state index is 0.0301. The molecule has 1 fully saturated rings. The van der Waals surface area contributed by atoms with E-state index < -0.39 is 0 Å². The van der Waals surface area contributed by atoms with Crippen LogP contribution in [0.25, 0.3) is 11.0 Å². The molecule has 0 N–H and O–H groups in total. The summed E-state index contributed by atoms with van der Waals surface area (Å²) in [5.74, 6) is 0.842. The van der Waals surface area contributed by atoms with Gasteiger partial charge in [0.2, 0.25) is 0 Å². The molecule has 0 saturated carbocycles. The van der Waals surface area contributed by atoms with Crippen LogP contribution in [0.15, 0.2) is 54.9 Å². The van der Waals surface area contributed by atoms with Gasteiger partial charge in [-0.05, 0) is 42.5 Å². The van der Waals surface area contributed by atoms with Crippen molar-refractivity contribution in [2.45, 2.75) is 18.9 Å². The summed E-state index contributed by atoms with van der Waals surface area (Å²) in [5, 5.41) is 0.692. The molecule has 4 rings (SSSR count). The number of hydrogen-bond acceptors (Lipinski definition) is 4. The van der Waals surface area contributed by atoms with Gasteiger partial charge in [-0.25, -0.2) is 0 Å². The van der Waals surface area contributed by atoms with Gasteiger partial charge in [0, 0.05) is 48.9 Å². The molecule has 6 heteroatoms. The summed E-state index contributed by atoms with van der Waals surface area (Å²) in [5.41, 5.74) is 2.17. The van der Waals surface area contributed by atoms with E-state index in [1.165, 1.54) is 0 Å². The van der Waals surface area contributed by atoms with E-state index in [0.717, 1.165) is 29.6 Å². The lowest BCUT2D eigenvalue weighted by atomic mass is 10.1. The molecule has 0 spiro atoms. The number of nitrogens with zero attached hydrogens (tertiary/aromatic N) is 3. The average molecular weight is 368 g/mol. The molecule has 0 atom stereocenters. The van der Waals surface area contributed by atoms with E-state index in [1.807, 2.05) is 41.3 Å². The van der Waals surface area contributed by atoms with E-state index in [-0.39, 0.29) is 12.0 Å². The summed E-state index contributed by atoms with van der Waals surface area (Å²) in [6.45, 7) is 1.35. The summed E-state index contributed by atoms with van der Waals surface area (Å²) < 4.78 is 5.99. The molecule has 2 aromatic carbocycles. The number of fused-ring (bicyclic) bond motifs is 1. The molecule has 2 heterocycles. The molecular formula is C20H18ClN3O2. The van der Waals surface area contributed by atoms with Crippen molar-refractivity contribution >= 4 is 28.5 Å². The molecule has 1 aromatic heterocycles. The van der Waals surface area contributed by atoms with E-state index >= 15 is 0 Å². The maximum absolute atomic E-state index is 12.8. The zero-order chi connectivity index (χ0) is 17.9. The van der Waals surface area contributed by atoms with E-state index in [9.17, 15) is 4.79 Å². The smallest absolute Gasteiger partial charge is 0.253 e. The van der Waals surface area contributed by atoms with Gasteiger partial charge in [0.1, 0.15) is 11.9 Å². The molecular weight excluding hydrogens is 350 g/mol. The molecule has 5 nitrogen and oxygen atoms in total. The first-order valence-electron chi connectivity index (χ1n) is 8.61. The van der Waals surface area contributed by atoms with Crippen LogP contribution in [-0.2, 0) is 0 Å². The lowest BCUT2D eigenvalue weighted by molar-refractivity contribution is 0.0595. The first-order valence-corrected chi connectivity index (χ1v) is 8.99. The average Bonchev–Trinajstić information content (AvgIpc) is 2.69. The van der Waals surface area contributed by atoms with Crippen LogP contribution < -0.4 is 4.74 Å². The van der Waals surface area contributed by atoms with Crippen LogP contribution in [0, 0.1) is 0 Å². The summed E-state index contributed by atoms with van der Waals surface area (Å²) in [7, 11) is 0. The third-order valence-electron chi connectivity index (χ3n) is 4.56. The molecule has 1 aliphatic heterocycles. The lowest BCUT2D eigenvalue weighted by Gasteiger charge is -2.32. The summed E-state index contributed by atoms with van der Waals surface area (Å²) in [4.78, 5) is 23.2. The second kappa shape index (κ2) is 7.30. The predicted octanol–water partition coefficient (Wildman–Crippen LogP) is 3.97. The van der Waals surface area contributed by atoms with Crippen LogP contribution in [-0.4, -0.2) is 40.0 Å². The van der Waals surface area contributed by atoms with Crippen molar-refractivity contribution in [1.82, 2.24) is 14.9 Å². The van der Waals surface area contributed by atoms with Gasteiger partial charge in [0.15, 0.2) is 0 Å². The van der Waals surface area contributed by atoms with Crippen molar-refractivity contribution in [2.24, 2.45) is 0 Å². The van der Waals surface area contributed by atoms with Gasteiger partial charge in [-0.3, -0.25) is 14.8 Å². The lowest BCUT2D eigenvalue weighted by Crippen LogP contribution is -2.41. The number of ether oxygens (including phenoxy) is 1. The highest BCUT2D eigenvalue weighted by Crippen LogP contribution is 2.22. The number of aromatic nitrogens is 2. The van der Waals surface area contributed by atoms with Gasteiger partial charge in [-0.15, -0.1) is 0 Å². The monoisotopic (exact) mass is 367 g/mol. The van der Waals surface area contributed by atoms with Gasteiger partial charge in [-0.1, -0.05) is 11.6 Å². The summed E-state index contributed by atoms with van der Waals surface area (Å²) in [6.07, 6.45) is 5.01. The fraction of sp³-hybridized carbons (Fsp3) is 0.250. The van der Waals surface area contributed by atoms with Crippen LogP contribution in [0.3, 0.4) is 0 Å². The van der Waals surface area contributed by atoms with Gasteiger partial charge >= 0.3 is 0 Å². The van der Waals surface area contributed by atoms with Crippen LogP contribution in [0.4, 0.5) is 0 Å². The number of halogens is 1. The van der Waals surface area contributed by atoms with Gasteiger partial charge in [-0.2, -0.15) is 0 Å². The van der Waals surface area contributed by atoms with E-state index in [1.54, 1.807) is 18.5 Å². The van der Waals surface area contributed by atoms with E-state index in [2.05, 4.69) is 9.97 Å². The van der Waals surface area contributed by atoms with Crippen molar-refractivity contribution in [2.75, 3.05) is 13.1 Å². The first kappa shape index (κ1) is 16.8. The van der Waals surface area contributed by atoms with Gasteiger partial charge in [0.25, 0.3) is 5.91 Å². The molecule has 132 valence electrons. The van der Waals surface area contributed by atoms with Gasteiger partial charge < -0.3 is 9.64 Å². The zero-order valence-electron chi connectivity index (χ0n) is 14.1. The Kier molecular flexibility index (Phi) is 4.71. The van der Waals surface area contributed by atoms with Crippen molar-refractivity contribution < 1.29 is 9.53 Å². The number of likely N-dealkylation sites (tertiary alicyclic amines) is 1. The van der Waals surface area contributed by atoms with Crippen LogP contribution in [0.1, 0.15) is 23.2 Å². The maximum atomic E-state index is 12.8. The Morgan fingerprint density at radius 2 is 1.69 bits per heavy atom. The number of carbonyl (C=O) groups excluding carboxylic acids is 1. The highest BCUT2D eigenvalue weighted by molar-refractivity contribution is 6.30. The van der Waals surface area contributed by atoms with E-state index in [4.69, 9.17) is 16.3 Å². The van der Waals surface area contributed by atoms with Crippen molar-refractivity contribution in [3.8, 4) is 5.75 Å². The summed E-state index contributed by atoms with van der Waals surface area (Å²) in [6, 6.07) is 12.8. The first-order chi connectivity index (χ1) is 12.7. The third-order valence-corrected chi connectivity index (χ3v) is 4.81. The Hall–Kier alpha value is -2.66. The normalized spacial score (nSPS) is 15.2. The highest BCUT2D eigenvalue weighted by atomic mass is 35.5. The van der Waals surface area contributed by atoms with Gasteiger partial charge in [0.05, 0.1) is 11.0 Å². The Morgan fingerprint density at radius 1 is 1.00 bits per heavy atom. The number of benzene rings is 2. The third kappa shape index (κ3) is 3.63. The Labute approximate surface area is 156 Å². The minimum atomic E-state index is 0.0301. The van der Waals surface area contributed by atoms with Crippen LogP contribution in [0.2, 0.25) is 5.02 Å². The van der Waals surface area contributed by atoms with Crippen molar-refractivity contribution in [1.29, 1.82) is 0 Å². The van der Waals surface area contributed by atoms with Crippen LogP contribution in [0.5, 0.6) is 5.75 Å². The standard InChI is InChI=1S/C20H18ClN3O2/c21-15-2-4-16(5-3-15)26-17-7-11-24(12-8-17)20(25)14-1-6-18-19(13-14)23-10-9-22-18/h1-6,9-10,13,17H,7-8,11-12H2. The van der Waals surface area contributed by atoms with Crippen LogP contribution >= 0.6 is 11.6 Å². The molecule has 0 unspecified atom stereocenters. The number of carbonyl (C=O) groups is 1. The molecule has 26 heavy (non-hydrogen) atoms. The zero-order valence-corrected chi connectivity index (χ0v) is 14.9. The Morgan fingerprint density at radius 3 is 2.42 bits per heavy atom. The largest absolute Gasteiger partial charge is 0.490 e. The summed E-state index contributed by atoms with van der Waals surface area (Å²) >= 11 is 5.89. The second-order valence-corrected chi connectivity index (χ2v) is 6.76. The molecule has 1 aliphatic rings. The SMILES string of the molecule is O=C(c1ccc2nccnc2c1)N1CCC(Oc2ccc(Cl)cc2)CC1. The quantitative estimate of drug-likeness (QED) is 0.703. The minimum Gasteiger partial charge on any atom is -0.490 e. The predicted molar refractivity (Wildman–Crippen MR) is 101 cm³/mol. The number of rotatable bonds is 3. The maximum Gasteiger partial charge on any atom is 0.253 e. The molecule has 0 bridgehead atoms. The Bertz CT molecular complexity index is 922. The van der Waals surface area contributed by atoms with E-state index in [0.29, 0.717) is 23.7 Å². The second-order valence-electron chi connectivity index (χ2n) is 6.32. The molecule has 1 amide bonds. The fourth-order valence-electron chi connectivity index (χ4n) is 3.16. The molecule has 0 radical (unpaired) electrons. The number of piperidine rings is 1.